The third kappa shape index (κ3) is 3.43. The van der Waals surface area contributed by atoms with Crippen molar-refractivity contribution >= 4 is 11.8 Å². The fraction of sp³-hybridized carbons (Fsp3) is 0.667. The van der Waals surface area contributed by atoms with Crippen molar-refractivity contribution in [2.75, 3.05) is 6.54 Å². The molecule has 6 nitrogen and oxygen atoms in total. The van der Waals surface area contributed by atoms with Gasteiger partial charge in [-0.05, 0) is 25.3 Å². The topological polar surface area (TPSA) is 67.2 Å². The summed E-state index contributed by atoms with van der Waals surface area (Å²) in [6, 6.07) is 1.82. The van der Waals surface area contributed by atoms with E-state index < -0.39 is 6.04 Å². The predicted molar refractivity (Wildman–Crippen MR) is 79.4 cm³/mol. The first kappa shape index (κ1) is 15.5. The zero-order valence-electron chi connectivity index (χ0n) is 13.2. The van der Waals surface area contributed by atoms with E-state index in [1.54, 1.807) is 4.90 Å². The van der Waals surface area contributed by atoms with Gasteiger partial charge in [0, 0.05) is 12.2 Å². The van der Waals surface area contributed by atoms with E-state index in [4.69, 9.17) is 0 Å². The Morgan fingerprint density at radius 1 is 1.38 bits per heavy atom. The zero-order valence-corrected chi connectivity index (χ0v) is 13.2. The lowest BCUT2D eigenvalue weighted by molar-refractivity contribution is -0.146. The molecule has 1 aliphatic rings. The summed E-state index contributed by atoms with van der Waals surface area (Å²) in [6.45, 7) is 8.58. The van der Waals surface area contributed by atoms with Crippen molar-refractivity contribution in [2.45, 2.75) is 52.7 Å². The Balaban J connectivity index is 2.09. The molecule has 0 saturated carbocycles. The highest BCUT2D eigenvalue weighted by Gasteiger charge is 2.34. The molecular formula is C15H24N4O2. The molecule has 0 aromatic carbocycles. The highest BCUT2D eigenvalue weighted by molar-refractivity contribution is 5.94. The third-order valence-corrected chi connectivity index (χ3v) is 3.95. The summed E-state index contributed by atoms with van der Waals surface area (Å²) in [6.07, 6.45) is 2.93. The smallest absolute Gasteiger partial charge is 0.246 e. The van der Waals surface area contributed by atoms with Crippen LogP contribution in [0.5, 0.6) is 0 Å². The number of carbonyl (C=O) groups excluding carboxylic acids is 2. The molecule has 2 atom stereocenters. The number of piperazine rings is 1. The van der Waals surface area contributed by atoms with Gasteiger partial charge in [0.15, 0.2) is 0 Å². The molecule has 1 N–H and O–H groups in total. The summed E-state index contributed by atoms with van der Waals surface area (Å²) in [5.74, 6) is -0.0423. The van der Waals surface area contributed by atoms with Crippen LogP contribution in [0.15, 0.2) is 12.3 Å². The molecule has 21 heavy (non-hydrogen) atoms. The summed E-state index contributed by atoms with van der Waals surface area (Å²) < 4.78 is 1.91. The minimum Gasteiger partial charge on any atom is -0.343 e. The van der Waals surface area contributed by atoms with Crippen LogP contribution in [-0.2, 0) is 16.1 Å². The van der Waals surface area contributed by atoms with Crippen LogP contribution in [0, 0.1) is 5.92 Å². The average Bonchev–Trinajstić information content (AvgIpc) is 2.89. The Morgan fingerprint density at radius 2 is 2.10 bits per heavy atom. The maximum Gasteiger partial charge on any atom is 0.246 e. The highest BCUT2D eigenvalue weighted by Crippen LogP contribution is 2.15. The molecule has 2 heterocycles. The van der Waals surface area contributed by atoms with Crippen molar-refractivity contribution in [2.24, 2.45) is 5.92 Å². The fourth-order valence-electron chi connectivity index (χ4n) is 2.40. The molecule has 1 saturated heterocycles. The lowest BCUT2D eigenvalue weighted by atomic mass is 10.0. The SMILES string of the molecule is CCC(C)n1ccc(CN2CC(=O)NC(C(C)C)C2=O)n1. The van der Waals surface area contributed by atoms with Crippen molar-refractivity contribution < 1.29 is 9.59 Å². The first-order valence-electron chi connectivity index (χ1n) is 7.54. The van der Waals surface area contributed by atoms with Gasteiger partial charge in [0.05, 0.1) is 12.2 Å². The first-order valence-corrected chi connectivity index (χ1v) is 7.54. The number of aromatic nitrogens is 2. The van der Waals surface area contributed by atoms with Gasteiger partial charge in [-0.3, -0.25) is 14.3 Å². The molecule has 1 aromatic heterocycles. The normalized spacial score (nSPS) is 20.8. The first-order chi connectivity index (χ1) is 9.92. The monoisotopic (exact) mass is 292 g/mol. The molecule has 2 amide bonds. The van der Waals surface area contributed by atoms with Gasteiger partial charge in [-0.1, -0.05) is 20.8 Å². The largest absolute Gasteiger partial charge is 0.343 e. The van der Waals surface area contributed by atoms with Crippen molar-refractivity contribution in [3.8, 4) is 0 Å². The van der Waals surface area contributed by atoms with E-state index in [0.29, 0.717) is 12.6 Å². The Kier molecular flexibility index (Phi) is 4.65. The van der Waals surface area contributed by atoms with Crippen LogP contribution in [0.1, 0.15) is 45.9 Å². The minimum atomic E-state index is -0.428. The molecule has 1 aromatic rings. The molecule has 0 bridgehead atoms. The van der Waals surface area contributed by atoms with Crippen LogP contribution in [0.25, 0.3) is 0 Å². The fourth-order valence-corrected chi connectivity index (χ4v) is 2.40. The van der Waals surface area contributed by atoms with Gasteiger partial charge in [-0.15, -0.1) is 0 Å². The molecule has 1 fully saturated rings. The van der Waals surface area contributed by atoms with Crippen molar-refractivity contribution in [1.82, 2.24) is 20.0 Å². The molecule has 6 heteroatoms. The van der Waals surface area contributed by atoms with Crippen LogP contribution >= 0.6 is 0 Å². The molecule has 116 valence electrons. The van der Waals surface area contributed by atoms with Crippen LogP contribution in [0.4, 0.5) is 0 Å². The number of hydrogen-bond acceptors (Lipinski definition) is 3. The van der Waals surface area contributed by atoms with E-state index in [1.807, 2.05) is 30.8 Å². The Hall–Kier alpha value is -1.85. The van der Waals surface area contributed by atoms with Gasteiger partial charge < -0.3 is 10.2 Å². The van der Waals surface area contributed by atoms with Gasteiger partial charge in [0.2, 0.25) is 11.8 Å². The van der Waals surface area contributed by atoms with Gasteiger partial charge >= 0.3 is 0 Å². The molecule has 1 aliphatic heterocycles. The van der Waals surface area contributed by atoms with Gasteiger partial charge in [-0.25, -0.2) is 0 Å². The minimum absolute atomic E-state index is 0.0253. The predicted octanol–water partition coefficient (Wildman–Crippen LogP) is 1.34. The second kappa shape index (κ2) is 6.28. The summed E-state index contributed by atoms with van der Waals surface area (Å²) in [7, 11) is 0. The van der Waals surface area contributed by atoms with Crippen molar-refractivity contribution in [3.05, 3.63) is 18.0 Å². The van der Waals surface area contributed by atoms with Crippen molar-refractivity contribution in [1.29, 1.82) is 0 Å². The van der Waals surface area contributed by atoms with Crippen molar-refractivity contribution in [3.63, 3.8) is 0 Å². The van der Waals surface area contributed by atoms with E-state index in [-0.39, 0.29) is 24.3 Å². The van der Waals surface area contributed by atoms with Crippen LogP contribution in [-0.4, -0.2) is 39.1 Å². The van der Waals surface area contributed by atoms with E-state index in [9.17, 15) is 9.59 Å². The van der Waals surface area contributed by atoms with E-state index >= 15 is 0 Å². The van der Waals surface area contributed by atoms with Crippen LogP contribution < -0.4 is 5.32 Å². The Labute approximate surface area is 125 Å². The summed E-state index contributed by atoms with van der Waals surface area (Å²) >= 11 is 0. The summed E-state index contributed by atoms with van der Waals surface area (Å²) in [5, 5.41) is 7.25. The second-order valence-corrected chi connectivity index (χ2v) is 6.03. The lowest BCUT2D eigenvalue weighted by Gasteiger charge is -2.34. The Bertz CT molecular complexity index is 523. The van der Waals surface area contributed by atoms with E-state index in [0.717, 1.165) is 12.1 Å². The highest BCUT2D eigenvalue weighted by atomic mass is 16.2. The lowest BCUT2D eigenvalue weighted by Crippen LogP contribution is -2.59. The number of rotatable bonds is 5. The Morgan fingerprint density at radius 3 is 2.71 bits per heavy atom. The molecular weight excluding hydrogens is 268 g/mol. The van der Waals surface area contributed by atoms with Crippen LogP contribution in [0.3, 0.4) is 0 Å². The second-order valence-electron chi connectivity index (χ2n) is 6.03. The number of hydrogen-bond donors (Lipinski definition) is 1. The summed E-state index contributed by atoms with van der Waals surface area (Å²) in [4.78, 5) is 25.7. The molecule has 2 unspecified atom stereocenters. The zero-order chi connectivity index (χ0) is 15.6. The third-order valence-electron chi connectivity index (χ3n) is 3.95. The standard InChI is InChI=1S/C15H24N4O2/c1-5-11(4)19-7-6-12(17-19)8-18-9-13(20)16-14(10(2)3)15(18)21/h6-7,10-11,14H,5,8-9H2,1-4H3,(H,16,20). The van der Waals surface area contributed by atoms with Gasteiger partial charge in [0.25, 0.3) is 0 Å². The molecule has 2 rings (SSSR count). The average molecular weight is 292 g/mol. The molecule has 0 radical (unpaired) electrons. The molecule has 0 aliphatic carbocycles. The van der Waals surface area contributed by atoms with Gasteiger partial charge in [0.1, 0.15) is 12.6 Å². The number of nitrogens with zero attached hydrogens (tertiary/aromatic N) is 3. The number of nitrogens with one attached hydrogen (secondary N) is 1. The van der Waals surface area contributed by atoms with Gasteiger partial charge in [-0.2, -0.15) is 5.10 Å². The van der Waals surface area contributed by atoms with E-state index in [1.165, 1.54) is 0 Å². The maximum absolute atomic E-state index is 12.4. The van der Waals surface area contributed by atoms with E-state index in [2.05, 4.69) is 24.3 Å². The molecule has 0 spiro atoms. The number of amides is 2. The number of carbonyl (C=O) groups is 2. The maximum atomic E-state index is 12.4. The summed E-state index contributed by atoms with van der Waals surface area (Å²) in [5.41, 5.74) is 0.820. The van der Waals surface area contributed by atoms with Crippen LogP contribution in [0.2, 0.25) is 0 Å². The quantitative estimate of drug-likeness (QED) is 0.890.